The van der Waals surface area contributed by atoms with Crippen LogP contribution in [0.4, 0.5) is 0 Å². The first-order valence-electron chi connectivity index (χ1n) is 7.49. The summed E-state index contributed by atoms with van der Waals surface area (Å²) in [5.74, 6) is 2.58. The molecule has 0 aromatic carbocycles. The first kappa shape index (κ1) is 11.0. The number of pyridine rings is 1. The van der Waals surface area contributed by atoms with Gasteiger partial charge in [0, 0.05) is 17.4 Å². The molecule has 1 aliphatic heterocycles. The maximum Gasteiger partial charge on any atom is 0.0486 e. The van der Waals surface area contributed by atoms with Crippen LogP contribution in [0, 0.1) is 17.8 Å². The fourth-order valence-corrected chi connectivity index (χ4v) is 5.07. The Hall–Kier alpha value is -0.890. The molecule has 0 radical (unpaired) electrons. The summed E-state index contributed by atoms with van der Waals surface area (Å²) < 4.78 is 0. The molecule has 2 heterocycles. The lowest BCUT2D eigenvalue weighted by Crippen LogP contribution is -2.60. The fraction of sp³-hybridized carbons (Fsp3) is 0.688. The van der Waals surface area contributed by atoms with Crippen LogP contribution >= 0.6 is 0 Å². The second-order valence-electron chi connectivity index (χ2n) is 6.65. The van der Waals surface area contributed by atoms with E-state index in [9.17, 15) is 0 Å². The summed E-state index contributed by atoms with van der Waals surface area (Å²) in [5, 5.41) is 3.91. The quantitative estimate of drug-likeness (QED) is 0.756. The van der Waals surface area contributed by atoms with Gasteiger partial charge in [0.2, 0.25) is 0 Å². The molecule has 4 rings (SSSR count). The molecule has 2 heteroatoms. The molecule has 1 aromatic heterocycles. The van der Waals surface area contributed by atoms with Crippen molar-refractivity contribution in [2.75, 3.05) is 6.54 Å². The van der Waals surface area contributed by atoms with E-state index in [4.69, 9.17) is 0 Å². The molecule has 2 nitrogen and oxygen atoms in total. The summed E-state index contributed by atoms with van der Waals surface area (Å²) in [6.45, 7) is 3.62. The number of rotatable bonds is 0. The van der Waals surface area contributed by atoms with Gasteiger partial charge in [0.05, 0.1) is 0 Å². The molecule has 0 spiro atoms. The smallest absolute Gasteiger partial charge is 0.0486 e. The second-order valence-corrected chi connectivity index (χ2v) is 6.65. The summed E-state index contributed by atoms with van der Waals surface area (Å²) in [5.41, 5.74) is 3.17. The Kier molecular flexibility index (Phi) is 2.32. The molecule has 1 aromatic rings. The number of hydrogen-bond acceptors (Lipinski definition) is 2. The lowest BCUT2D eigenvalue weighted by molar-refractivity contribution is 0.00805. The van der Waals surface area contributed by atoms with E-state index in [1.165, 1.54) is 49.9 Å². The van der Waals surface area contributed by atoms with Gasteiger partial charge in [-0.15, -0.1) is 0 Å². The van der Waals surface area contributed by atoms with Gasteiger partial charge in [-0.2, -0.15) is 0 Å². The zero-order chi connectivity index (χ0) is 12.2. The maximum atomic E-state index is 4.67. The third kappa shape index (κ3) is 1.36. The normalized spacial score (nSPS) is 41.9. The Morgan fingerprint density at radius 2 is 2.39 bits per heavy atom. The van der Waals surface area contributed by atoms with Crippen LogP contribution in [-0.4, -0.2) is 11.5 Å². The minimum absolute atomic E-state index is 0.266. The van der Waals surface area contributed by atoms with Crippen molar-refractivity contribution < 1.29 is 0 Å². The number of aromatic nitrogens is 1. The average Bonchev–Trinajstić information content (AvgIpc) is 2.38. The molecule has 0 amide bonds. The van der Waals surface area contributed by atoms with E-state index in [1.54, 1.807) is 0 Å². The highest BCUT2D eigenvalue weighted by Crippen LogP contribution is 2.54. The Morgan fingerprint density at radius 1 is 1.44 bits per heavy atom. The van der Waals surface area contributed by atoms with E-state index in [-0.39, 0.29) is 5.54 Å². The summed E-state index contributed by atoms with van der Waals surface area (Å²) >= 11 is 0. The van der Waals surface area contributed by atoms with Crippen LogP contribution in [0.5, 0.6) is 0 Å². The zero-order valence-electron chi connectivity index (χ0n) is 11.2. The molecular formula is C16H22N2. The van der Waals surface area contributed by atoms with Crippen LogP contribution in [0.15, 0.2) is 18.3 Å². The molecule has 4 atom stereocenters. The highest BCUT2D eigenvalue weighted by atomic mass is 15.0. The number of piperidine rings is 1. The highest BCUT2D eigenvalue weighted by Gasteiger charge is 2.53. The average molecular weight is 242 g/mol. The van der Waals surface area contributed by atoms with Crippen molar-refractivity contribution in [1.29, 1.82) is 0 Å². The third-order valence-corrected chi connectivity index (χ3v) is 5.54. The molecule has 2 fully saturated rings. The van der Waals surface area contributed by atoms with Gasteiger partial charge >= 0.3 is 0 Å². The van der Waals surface area contributed by atoms with Crippen LogP contribution in [0.3, 0.4) is 0 Å². The van der Waals surface area contributed by atoms with Gasteiger partial charge in [-0.05, 0) is 68.0 Å². The summed E-state index contributed by atoms with van der Waals surface area (Å²) in [7, 11) is 0. The fourth-order valence-electron chi connectivity index (χ4n) is 5.07. The van der Waals surface area contributed by atoms with Crippen LogP contribution in [0.2, 0.25) is 0 Å². The summed E-state index contributed by atoms with van der Waals surface area (Å²) in [6, 6.07) is 4.46. The SMILES string of the molecule is C[C@H]1C[C@H]2Cc3ncccc3[C@]3(C1)NCCC[C@H]23. The van der Waals surface area contributed by atoms with Crippen molar-refractivity contribution in [3.63, 3.8) is 0 Å². The molecule has 96 valence electrons. The standard InChI is InChI=1S/C16H22N2/c1-11-8-12-9-15-14(5-2-6-17-15)16(10-11)13(12)4-3-7-18-16/h2,5-6,11-13,18H,3-4,7-10H2,1H3/t11-,12-,13+,16+/m0/s1. The first-order chi connectivity index (χ1) is 8.79. The van der Waals surface area contributed by atoms with E-state index in [0.717, 1.165) is 17.8 Å². The molecule has 2 aliphatic carbocycles. The number of hydrogen-bond donors (Lipinski definition) is 1. The van der Waals surface area contributed by atoms with Gasteiger partial charge in [-0.3, -0.25) is 4.98 Å². The van der Waals surface area contributed by atoms with Gasteiger partial charge < -0.3 is 5.32 Å². The largest absolute Gasteiger partial charge is 0.307 e. The van der Waals surface area contributed by atoms with Crippen LogP contribution in [0.1, 0.15) is 43.9 Å². The molecule has 1 N–H and O–H groups in total. The molecule has 3 aliphatic rings. The van der Waals surface area contributed by atoms with Gasteiger partial charge in [0.25, 0.3) is 0 Å². The third-order valence-electron chi connectivity index (χ3n) is 5.54. The second kappa shape index (κ2) is 3.80. The monoisotopic (exact) mass is 242 g/mol. The van der Waals surface area contributed by atoms with Gasteiger partial charge in [0.15, 0.2) is 0 Å². The number of fused-ring (bicyclic) bond motifs is 1. The Balaban J connectivity index is 1.90. The minimum Gasteiger partial charge on any atom is -0.307 e. The van der Waals surface area contributed by atoms with Crippen LogP contribution < -0.4 is 5.32 Å². The van der Waals surface area contributed by atoms with E-state index in [0.29, 0.717) is 0 Å². The van der Waals surface area contributed by atoms with Gasteiger partial charge in [-0.1, -0.05) is 13.0 Å². The van der Waals surface area contributed by atoms with E-state index in [1.807, 2.05) is 6.20 Å². The van der Waals surface area contributed by atoms with Crippen molar-refractivity contribution in [1.82, 2.24) is 10.3 Å². The number of nitrogens with zero attached hydrogens (tertiary/aromatic N) is 1. The molecular weight excluding hydrogens is 220 g/mol. The zero-order valence-corrected chi connectivity index (χ0v) is 11.2. The Labute approximate surface area is 109 Å². The van der Waals surface area contributed by atoms with E-state index >= 15 is 0 Å². The van der Waals surface area contributed by atoms with Gasteiger partial charge in [0.1, 0.15) is 0 Å². The van der Waals surface area contributed by atoms with Crippen molar-refractivity contribution >= 4 is 0 Å². The molecule has 1 saturated carbocycles. The highest BCUT2D eigenvalue weighted by molar-refractivity contribution is 5.35. The van der Waals surface area contributed by atoms with Crippen LogP contribution in [0.25, 0.3) is 0 Å². The van der Waals surface area contributed by atoms with Gasteiger partial charge in [-0.25, -0.2) is 0 Å². The van der Waals surface area contributed by atoms with Crippen LogP contribution in [-0.2, 0) is 12.0 Å². The lowest BCUT2D eigenvalue weighted by atomic mass is 9.54. The van der Waals surface area contributed by atoms with Crippen molar-refractivity contribution in [3.8, 4) is 0 Å². The lowest BCUT2D eigenvalue weighted by Gasteiger charge is -2.57. The number of nitrogens with one attached hydrogen (secondary N) is 1. The predicted molar refractivity (Wildman–Crippen MR) is 72.2 cm³/mol. The first-order valence-corrected chi connectivity index (χ1v) is 7.49. The summed E-state index contributed by atoms with van der Waals surface area (Å²) in [4.78, 5) is 4.67. The van der Waals surface area contributed by atoms with E-state index in [2.05, 4.69) is 29.4 Å². The Morgan fingerprint density at radius 3 is 3.33 bits per heavy atom. The topological polar surface area (TPSA) is 24.9 Å². The summed E-state index contributed by atoms with van der Waals surface area (Å²) in [6.07, 6.45) is 8.68. The van der Waals surface area contributed by atoms with Crippen molar-refractivity contribution in [2.45, 2.75) is 44.6 Å². The van der Waals surface area contributed by atoms with E-state index < -0.39 is 0 Å². The predicted octanol–water partition coefficient (Wildman–Crippen LogP) is 2.88. The molecule has 18 heavy (non-hydrogen) atoms. The molecule has 2 bridgehead atoms. The van der Waals surface area contributed by atoms with Crippen molar-refractivity contribution in [2.24, 2.45) is 17.8 Å². The Bertz CT molecular complexity index is 470. The maximum absolute atomic E-state index is 4.67. The molecule has 1 saturated heterocycles. The molecule has 0 unspecified atom stereocenters. The minimum atomic E-state index is 0.266. The van der Waals surface area contributed by atoms with Crippen molar-refractivity contribution in [3.05, 3.63) is 29.6 Å².